The van der Waals surface area contributed by atoms with Crippen molar-refractivity contribution in [2.45, 2.75) is 26.2 Å². The van der Waals surface area contributed by atoms with Crippen LogP contribution in [0.3, 0.4) is 0 Å². The summed E-state index contributed by atoms with van der Waals surface area (Å²) in [5.74, 6) is 0. The van der Waals surface area contributed by atoms with E-state index in [4.69, 9.17) is 4.43 Å². The second kappa shape index (κ2) is 4.58. The van der Waals surface area contributed by atoms with Gasteiger partial charge in [-0.1, -0.05) is 36.9 Å². The third kappa shape index (κ3) is 3.48. The van der Waals surface area contributed by atoms with Crippen LogP contribution in [0.1, 0.15) is 11.1 Å². The van der Waals surface area contributed by atoms with Gasteiger partial charge in [-0.15, -0.1) is 0 Å². The molecule has 0 aliphatic carbocycles. The van der Waals surface area contributed by atoms with Crippen LogP contribution in [0.4, 0.5) is 0 Å². The molecule has 0 saturated carbocycles. The molecule has 0 bridgehead atoms. The smallest absolute Gasteiger partial charge is 0.184 e. The first kappa shape index (κ1) is 11.2. The topological polar surface area (TPSA) is 9.23 Å². The number of rotatable bonds is 4. The van der Waals surface area contributed by atoms with Crippen LogP contribution in [0.5, 0.6) is 0 Å². The zero-order chi connectivity index (χ0) is 10.6. The van der Waals surface area contributed by atoms with Gasteiger partial charge in [-0.3, -0.25) is 0 Å². The standard InChI is InChI=1S/C12H18OSi/c1-5-11-8-6-7-9-12(11)10-13-14(2,3)4/h5-9H,1,10H2,2-4H3. The molecule has 0 radical (unpaired) electrons. The second-order valence-corrected chi connectivity index (χ2v) is 8.82. The summed E-state index contributed by atoms with van der Waals surface area (Å²) >= 11 is 0. The number of benzene rings is 1. The van der Waals surface area contributed by atoms with Gasteiger partial charge < -0.3 is 4.43 Å². The minimum Gasteiger partial charge on any atom is -0.413 e. The monoisotopic (exact) mass is 206 g/mol. The molecule has 0 atom stereocenters. The molecule has 1 aromatic carbocycles. The highest BCUT2D eigenvalue weighted by molar-refractivity contribution is 6.69. The lowest BCUT2D eigenvalue weighted by molar-refractivity contribution is 0.299. The molecule has 0 amide bonds. The van der Waals surface area contributed by atoms with Crippen LogP contribution in [-0.4, -0.2) is 8.32 Å². The molecule has 0 saturated heterocycles. The van der Waals surface area contributed by atoms with Crippen LogP contribution < -0.4 is 0 Å². The van der Waals surface area contributed by atoms with Crippen LogP contribution in [0.25, 0.3) is 6.08 Å². The Morgan fingerprint density at radius 2 is 1.93 bits per heavy atom. The lowest BCUT2D eigenvalue weighted by atomic mass is 10.1. The first-order valence-electron chi connectivity index (χ1n) is 4.87. The minimum atomic E-state index is -1.41. The van der Waals surface area contributed by atoms with Gasteiger partial charge in [-0.25, -0.2) is 0 Å². The van der Waals surface area contributed by atoms with Crippen LogP contribution in [-0.2, 0) is 11.0 Å². The molecule has 76 valence electrons. The Balaban J connectivity index is 2.71. The molecule has 0 N–H and O–H groups in total. The van der Waals surface area contributed by atoms with Gasteiger partial charge in [0.1, 0.15) is 0 Å². The fourth-order valence-corrected chi connectivity index (χ4v) is 1.75. The summed E-state index contributed by atoms with van der Waals surface area (Å²) in [4.78, 5) is 0. The van der Waals surface area contributed by atoms with Gasteiger partial charge in [0.15, 0.2) is 8.32 Å². The summed E-state index contributed by atoms with van der Waals surface area (Å²) in [6.07, 6.45) is 1.88. The molecule has 0 spiro atoms. The molecule has 14 heavy (non-hydrogen) atoms. The third-order valence-electron chi connectivity index (χ3n) is 1.94. The van der Waals surface area contributed by atoms with Crippen molar-refractivity contribution < 1.29 is 4.43 Å². The van der Waals surface area contributed by atoms with E-state index in [0.29, 0.717) is 6.61 Å². The number of hydrogen-bond donors (Lipinski definition) is 0. The lowest BCUT2D eigenvalue weighted by Gasteiger charge is -2.18. The zero-order valence-electron chi connectivity index (χ0n) is 9.21. The Hall–Kier alpha value is -0.863. The summed E-state index contributed by atoms with van der Waals surface area (Å²) in [6.45, 7) is 11.1. The summed E-state index contributed by atoms with van der Waals surface area (Å²) in [6, 6.07) is 8.22. The molecule has 2 heteroatoms. The van der Waals surface area contributed by atoms with Crippen molar-refractivity contribution in [1.29, 1.82) is 0 Å². The molecule has 1 nitrogen and oxygen atoms in total. The average Bonchev–Trinajstić information content (AvgIpc) is 2.14. The minimum absolute atomic E-state index is 0.706. The highest BCUT2D eigenvalue weighted by atomic mass is 28.4. The Morgan fingerprint density at radius 3 is 2.50 bits per heavy atom. The molecule has 0 heterocycles. The molecule has 0 aromatic heterocycles. The Bertz CT molecular complexity index is 312. The first-order valence-corrected chi connectivity index (χ1v) is 8.28. The largest absolute Gasteiger partial charge is 0.413 e. The van der Waals surface area contributed by atoms with Gasteiger partial charge in [-0.2, -0.15) is 0 Å². The van der Waals surface area contributed by atoms with Gasteiger partial charge in [0.25, 0.3) is 0 Å². The molecule has 0 aliphatic rings. The molecule has 1 rings (SSSR count). The average molecular weight is 206 g/mol. The van der Waals surface area contributed by atoms with Crippen molar-refractivity contribution >= 4 is 14.4 Å². The maximum absolute atomic E-state index is 5.85. The van der Waals surface area contributed by atoms with E-state index in [1.54, 1.807) is 0 Å². The fraction of sp³-hybridized carbons (Fsp3) is 0.333. The summed E-state index contributed by atoms with van der Waals surface area (Å²) in [5.41, 5.74) is 2.40. The third-order valence-corrected chi connectivity index (χ3v) is 2.95. The lowest BCUT2D eigenvalue weighted by Crippen LogP contribution is -2.25. The predicted octanol–water partition coefficient (Wildman–Crippen LogP) is 3.68. The van der Waals surface area contributed by atoms with Crippen molar-refractivity contribution in [3.8, 4) is 0 Å². The van der Waals surface area contributed by atoms with Gasteiger partial charge >= 0.3 is 0 Å². The van der Waals surface area contributed by atoms with Gasteiger partial charge in [0.2, 0.25) is 0 Å². The summed E-state index contributed by atoms with van der Waals surface area (Å²) in [7, 11) is -1.41. The van der Waals surface area contributed by atoms with E-state index >= 15 is 0 Å². The molecular weight excluding hydrogens is 188 g/mol. The normalized spacial score (nSPS) is 11.4. The molecule has 1 aromatic rings. The van der Waals surface area contributed by atoms with Crippen LogP contribution in [0.15, 0.2) is 30.8 Å². The van der Waals surface area contributed by atoms with Crippen molar-refractivity contribution in [2.75, 3.05) is 0 Å². The Labute approximate surface area is 87.5 Å². The summed E-state index contributed by atoms with van der Waals surface area (Å²) < 4.78 is 5.85. The van der Waals surface area contributed by atoms with Crippen molar-refractivity contribution in [3.05, 3.63) is 42.0 Å². The van der Waals surface area contributed by atoms with Gasteiger partial charge in [0.05, 0.1) is 6.61 Å². The van der Waals surface area contributed by atoms with Crippen molar-refractivity contribution in [3.63, 3.8) is 0 Å². The van der Waals surface area contributed by atoms with E-state index in [0.717, 1.165) is 0 Å². The highest BCUT2D eigenvalue weighted by Gasteiger charge is 2.14. The highest BCUT2D eigenvalue weighted by Crippen LogP contribution is 2.14. The van der Waals surface area contributed by atoms with Crippen LogP contribution in [0.2, 0.25) is 19.6 Å². The molecule has 0 fully saturated rings. The maximum atomic E-state index is 5.85. The SMILES string of the molecule is C=Cc1ccccc1CO[Si](C)(C)C. The van der Waals surface area contributed by atoms with E-state index in [1.165, 1.54) is 11.1 Å². The maximum Gasteiger partial charge on any atom is 0.184 e. The Kier molecular flexibility index (Phi) is 3.67. The second-order valence-electron chi connectivity index (χ2n) is 4.30. The van der Waals surface area contributed by atoms with Crippen LogP contribution >= 0.6 is 0 Å². The van der Waals surface area contributed by atoms with E-state index in [9.17, 15) is 0 Å². The zero-order valence-corrected chi connectivity index (χ0v) is 10.2. The van der Waals surface area contributed by atoms with E-state index in [-0.39, 0.29) is 0 Å². The van der Waals surface area contributed by atoms with E-state index in [1.807, 2.05) is 18.2 Å². The van der Waals surface area contributed by atoms with E-state index < -0.39 is 8.32 Å². The quantitative estimate of drug-likeness (QED) is 0.683. The van der Waals surface area contributed by atoms with Gasteiger partial charge in [0, 0.05) is 0 Å². The molecular formula is C12H18OSi. The molecule has 0 unspecified atom stereocenters. The number of hydrogen-bond acceptors (Lipinski definition) is 1. The Morgan fingerprint density at radius 1 is 1.29 bits per heavy atom. The fourth-order valence-electron chi connectivity index (χ4n) is 1.16. The predicted molar refractivity (Wildman–Crippen MR) is 64.7 cm³/mol. The molecule has 0 aliphatic heterocycles. The van der Waals surface area contributed by atoms with Gasteiger partial charge in [-0.05, 0) is 30.8 Å². The van der Waals surface area contributed by atoms with Crippen molar-refractivity contribution in [2.24, 2.45) is 0 Å². The van der Waals surface area contributed by atoms with Crippen LogP contribution in [0, 0.1) is 0 Å². The first-order chi connectivity index (χ1) is 6.53. The van der Waals surface area contributed by atoms with E-state index in [2.05, 4.69) is 38.4 Å². The van der Waals surface area contributed by atoms with Crippen molar-refractivity contribution in [1.82, 2.24) is 0 Å². The summed E-state index contributed by atoms with van der Waals surface area (Å²) in [5, 5.41) is 0.